The molecule has 2 aromatic carbocycles. The monoisotopic (exact) mass is 566 g/mol. The average molecular weight is 568 g/mol. The molecule has 5 nitrogen and oxygen atoms in total. The molecule has 7 rings (SSSR count). The molecule has 204 valence electrons. The van der Waals surface area contributed by atoms with Gasteiger partial charge in [0.2, 0.25) is 0 Å². The van der Waals surface area contributed by atoms with Gasteiger partial charge < -0.3 is 21.3 Å². The van der Waals surface area contributed by atoms with Crippen LogP contribution in [0, 0.1) is 23.2 Å². The molecule has 1 amide bonds. The number of hydrogen-bond acceptors (Lipinski definition) is 4. The number of likely N-dealkylation sites (tertiary alicyclic amines) is 1. The number of para-hydroxylation sites is 2. The Labute approximate surface area is 239 Å². The summed E-state index contributed by atoms with van der Waals surface area (Å²) >= 11 is 0. The van der Waals surface area contributed by atoms with E-state index in [4.69, 9.17) is 5.73 Å². The van der Waals surface area contributed by atoms with E-state index >= 15 is 0 Å². The summed E-state index contributed by atoms with van der Waals surface area (Å²) in [6.45, 7) is 3.76. The lowest BCUT2D eigenvalue weighted by Crippen LogP contribution is -2.52. The number of piperidine rings is 1. The minimum atomic E-state index is -0.137. The number of carbonyl (C=O) groups is 1. The molecule has 1 saturated heterocycles. The Hall–Kier alpha value is -1.66. The molecule has 1 heterocycles. The van der Waals surface area contributed by atoms with Crippen LogP contribution in [0.2, 0.25) is 0 Å². The lowest BCUT2D eigenvalue weighted by atomic mass is 9.49. The van der Waals surface area contributed by atoms with Gasteiger partial charge in [-0.05, 0) is 111 Å². The summed E-state index contributed by atoms with van der Waals surface area (Å²) in [5, 5.41) is 6.60. The third kappa shape index (κ3) is 6.68. The van der Waals surface area contributed by atoms with Crippen LogP contribution in [-0.2, 0) is 0 Å². The zero-order valence-electron chi connectivity index (χ0n) is 21.4. The van der Waals surface area contributed by atoms with Gasteiger partial charge in [-0.15, -0.1) is 37.2 Å². The predicted molar refractivity (Wildman–Crippen MR) is 161 cm³/mol. The van der Waals surface area contributed by atoms with Gasteiger partial charge in [0.15, 0.2) is 0 Å². The standard InChI is InChI=1S/C29H38N4O.3ClH/c30-26-3-1-2-4-27(26)32-28(34)23-5-7-24(8-6-23)31-25-9-11-33(12-10-25)19-29-16-20-13-21(17-29)15-22(14-20)18-29;;;/h1-8,20-22,25,31H,9-19,30H2,(H,32,34);3*1H. The molecule has 4 N–H and O–H groups in total. The minimum absolute atomic E-state index is 0. The summed E-state index contributed by atoms with van der Waals surface area (Å²) < 4.78 is 0. The van der Waals surface area contributed by atoms with E-state index in [1.807, 2.05) is 42.5 Å². The van der Waals surface area contributed by atoms with Crippen LogP contribution in [0.3, 0.4) is 0 Å². The van der Waals surface area contributed by atoms with Crippen LogP contribution in [0.15, 0.2) is 48.5 Å². The molecule has 1 aliphatic heterocycles. The molecule has 37 heavy (non-hydrogen) atoms. The molecule has 2 aromatic rings. The van der Waals surface area contributed by atoms with Crippen LogP contribution in [0.1, 0.15) is 61.7 Å². The molecule has 8 heteroatoms. The Morgan fingerprint density at radius 3 is 2.00 bits per heavy atom. The van der Waals surface area contributed by atoms with Crippen LogP contribution in [0.25, 0.3) is 0 Å². The number of rotatable bonds is 6. The van der Waals surface area contributed by atoms with Crippen LogP contribution >= 0.6 is 37.2 Å². The molecule has 0 radical (unpaired) electrons. The van der Waals surface area contributed by atoms with E-state index in [1.165, 1.54) is 71.0 Å². The van der Waals surface area contributed by atoms with Gasteiger partial charge in [0, 0.05) is 36.9 Å². The quantitative estimate of drug-likeness (QED) is 0.333. The number of amides is 1. The van der Waals surface area contributed by atoms with Crippen molar-refractivity contribution in [3.05, 3.63) is 54.1 Å². The number of anilines is 3. The molecule has 4 aliphatic carbocycles. The van der Waals surface area contributed by atoms with Crippen molar-refractivity contribution >= 4 is 60.2 Å². The minimum Gasteiger partial charge on any atom is -0.397 e. The van der Waals surface area contributed by atoms with Gasteiger partial charge in [-0.25, -0.2) is 0 Å². The van der Waals surface area contributed by atoms with E-state index in [-0.39, 0.29) is 43.1 Å². The first kappa shape index (κ1) is 29.9. The topological polar surface area (TPSA) is 70.4 Å². The fraction of sp³-hybridized carbons (Fsp3) is 0.552. The normalized spacial score (nSPS) is 28.4. The molecular weight excluding hydrogens is 527 g/mol. The Morgan fingerprint density at radius 2 is 1.43 bits per heavy atom. The molecule has 5 aliphatic rings. The molecular formula is C29H41Cl3N4O. The van der Waals surface area contributed by atoms with E-state index in [0.717, 1.165) is 23.4 Å². The van der Waals surface area contributed by atoms with Gasteiger partial charge in [-0.2, -0.15) is 0 Å². The lowest BCUT2D eigenvalue weighted by Gasteiger charge is -2.58. The van der Waals surface area contributed by atoms with Gasteiger partial charge in [0.25, 0.3) is 5.91 Å². The smallest absolute Gasteiger partial charge is 0.255 e. The lowest BCUT2D eigenvalue weighted by molar-refractivity contribution is -0.0711. The third-order valence-electron chi connectivity index (χ3n) is 9.04. The first-order valence-electron chi connectivity index (χ1n) is 13.3. The predicted octanol–water partition coefficient (Wildman–Crippen LogP) is 6.88. The highest BCUT2D eigenvalue weighted by Gasteiger charge is 2.51. The fourth-order valence-corrected chi connectivity index (χ4v) is 7.95. The zero-order chi connectivity index (χ0) is 23.1. The number of halogens is 3. The third-order valence-corrected chi connectivity index (χ3v) is 9.04. The summed E-state index contributed by atoms with van der Waals surface area (Å²) in [5.41, 5.74) is 9.54. The van der Waals surface area contributed by atoms with E-state index in [2.05, 4.69) is 15.5 Å². The Morgan fingerprint density at radius 1 is 0.865 bits per heavy atom. The second kappa shape index (κ2) is 12.5. The zero-order valence-corrected chi connectivity index (χ0v) is 23.8. The van der Waals surface area contributed by atoms with E-state index < -0.39 is 0 Å². The largest absolute Gasteiger partial charge is 0.397 e. The SMILES string of the molecule is Cl.Cl.Cl.Nc1ccccc1NC(=O)c1ccc(NC2CCN(CC34CC5CC(CC(C5)C3)C4)CC2)cc1. The van der Waals surface area contributed by atoms with Crippen molar-refractivity contribution in [2.75, 3.05) is 36.0 Å². The number of hydrogen-bond donors (Lipinski definition) is 3. The van der Waals surface area contributed by atoms with Gasteiger partial charge in [0.05, 0.1) is 11.4 Å². The number of carbonyl (C=O) groups excluding carboxylic acids is 1. The molecule has 4 bridgehead atoms. The molecule has 0 unspecified atom stereocenters. The van der Waals surface area contributed by atoms with Crippen molar-refractivity contribution in [1.29, 1.82) is 0 Å². The summed E-state index contributed by atoms with van der Waals surface area (Å²) in [4.78, 5) is 15.3. The van der Waals surface area contributed by atoms with Crippen molar-refractivity contribution in [3.8, 4) is 0 Å². The second-order valence-electron chi connectivity index (χ2n) is 11.7. The van der Waals surface area contributed by atoms with Gasteiger partial charge >= 0.3 is 0 Å². The highest BCUT2D eigenvalue weighted by molar-refractivity contribution is 6.05. The highest BCUT2D eigenvalue weighted by atomic mass is 35.5. The van der Waals surface area contributed by atoms with Crippen molar-refractivity contribution in [2.45, 2.75) is 57.4 Å². The number of nitrogens with two attached hydrogens (primary N) is 1. The molecule has 0 spiro atoms. The second-order valence-corrected chi connectivity index (χ2v) is 11.7. The Kier molecular flexibility index (Phi) is 10.1. The molecule has 5 fully saturated rings. The van der Waals surface area contributed by atoms with Crippen molar-refractivity contribution in [1.82, 2.24) is 4.90 Å². The van der Waals surface area contributed by atoms with Gasteiger partial charge in [0.1, 0.15) is 0 Å². The van der Waals surface area contributed by atoms with Crippen LogP contribution in [0.4, 0.5) is 17.1 Å². The number of benzene rings is 2. The summed E-state index contributed by atoms with van der Waals surface area (Å²) in [6, 6.07) is 15.7. The van der Waals surface area contributed by atoms with Crippen molar-refractivity contribution in [3.63, 3.8) is 0 Å². The number of nitrogens with one attached hydrogen (secondary N) is 2. The number of nitrogens with zero attached hydrogens (tertiary/aromatic N) is 1. The number of nitrogen functional groups attached to an aromatic ring is 1. The van der Waals surface area contributed by atoms with Gasteiger partial charge in [-0.3, -0.25) is 4.79 Å². The maximum Gasteiger partial charge on any atom is 0.255 e. The van der Waals surface area contributed by atoms with E-state index in [9.17, 15) is 4.79 Å². The molecule has 0 atom stereocenters. The highest BCUT2D eigenvalue weighted by Crippen LogP contribution is 2.60. The molecule has 0 aromatic heterocycles. The summed E-state index contributed by atoms with van der Waals surface area (Å²) in [7, 11) is 0. The maximum absolute atomic E-state index is 12.6. The van der Waals surface area contributed by atoms with E-state index in [1.54, 1.807) is 6.07 Å². The Bertz CT molecular complexity index is 1000. The van der Waals surface area contributed by atoms with Crippen molar-refractivity contribution in [2.24, 2.45) is 23.2 Å². The Balaban J connectivity index is 0.00000127. The first-order valence-corrected chi connectivity index (χ1v) is 13.3. The van der Waals surface area contributed by atoms with Crippen LogP contribution in [-0.4, -0.2) is 36.5 Å². The van der Waals surface area contributed by atoms with E-state index in [0.29, 0.717) is 28.4 Å². The van der Waals surface area contributed by atoms with Crippen LogP contribution < -0.4 is 16.4 Å². The van der Waals surface area contributed by atoms with Crippen LogP contribution in [0.5, 0.6) is 0 Å². The summed E-state index contributed by atoms with van der Waals surface area (Å²) in [6.07, 6.45) is 11.5. The fourth-order valence-electron chi connectivity index (χ4n) is 7.95. The average Bonchev–Trinajstić information content (AvgIpc) is 2.81. The first-order chi connectivity index (χ1) is 16.5. The maximum atomic E-state index is 12.6. The summed E-state index contributed by atoms with van der Waals surface area (Å²) in [5.74, 6) is 2.99. The molecule has 4 saturated carbocycles. The van der Waals surface area contributed by atoms with Gasteiger partial charge in [-0.1, -0.05) is 12.1 Å². The van der Waals surface area contributed by atoms with Crippen molar-refractivity contribution < 1.29 is 4.79 Å².